The lowest BCUT2D eigenvalue weighted by molar-refractivity contribution is -0.174. The Balaban J connectivity index is 1.74. The van der Waals surface area contributed by atoms with E-state index in [0.29, 0.717) is 5.56 Å². The molecule has 0 amide bonds. The van der Waals surface area contributed by atoms with Gasteiger partial charge in [0.2, 0.25) is 0 Å². The minimum Gasteiger partial charge on any atom is -0.459 e. The summed E-state index contributed by atoms with van der Waals surface area (Å²) in [6.07, 6.45) is -1.06. The lowest BCUT2D eigenvalue weighted by Crippen LogP contribution is -2.53. The highest BCUT2D eigenvalue weighted by molar-refractivity contribution is 6.74. The summed E-state index contributed by atoms with van der Waals surface area (Å²) in [5.41, 5.74) is 1.37. The van der Waals surface area contributed by atoms with E-state index < -0.39 is 38.3 Å². The Bertz CT molecular complexity index is 1030. The number of carbonyl (C=O) groups excluding carboxylic acids is 2. The number of carbonyl (C=O) groups is 2. The molecule has 1 saturated heterocycles. The summed E-state index contributed by atoms with van der Waals surface area (Å²) in [4.78, 5) is 24.9. The number of ether oxygens (including phenoxy) is 4. The summed E-state index contributed by atoms with van der Waals surface area (Å²) in [7, 11) is -0.630. The standard InChI is InChI=1S/C28H38O7Si/c1-20(29)35-28(19-33-36(6,7)27(2,3)4)17-25(31-5)34-24(28)18-32-26(30)23-15-13-22(14-16-23)21-11-9-8-10-12-21/h8-16,24-25H,17-19H2,1-7H3/t24-,25-,28-/m1/s1. The number of hydrogen-bond acceptors (Lipinski definition) is 7. The second kappa shape index (κ2) is 11.3. The van der Waals surface area contributed by atoms with E-state index in [1.807, 2.05) is 42.5 Å². The fourth-order valence-electron chi connectivity index (χ4n) is 3.86. The molecule has 36 heavy (non-hydrogen) atoms. The van der Waals surface area contributed by atoms with Gasteiger partial charge in [0, 0.05) is 20.5 Å². The summed E-state index contributed by atoms with van der Waals surface area (Å²) in [5, 5.41) is -0.0294. The molecule has 1 aliphatic heterocycles. The van der Waals surface area contributed by atoms with E-state index in [0.717, 1.165) is 11.1 Å². The predicted octanol–water partition coefficient (Wildman–Crippen LogP) is 5.60. The van der Waals surface area contributed by atoms with E-state index in [9.17, 15) is 9.59 Å². The molecular formula is C28H38O7Si. The van der Waals surface area contributed by atoms with Crippen molar-refractivity contribution in [3.8, 4) is 11.1 Å². The molecule has 0 aliphatic carbocycles. The van der Waals surface area contributed by atoms with Crippen molar-refractivity contribution in [2.24, 2.45) is 0 Å². The van der Waals surface area contributed by atoms with Crippen LogP contribution in [0.25, 0.3) is 11.1 Å². The molecule has 196 valence electrons. The van der Waals surface area contributed by atoms with Gasteiger partial charge in [-0.15, -0.1) is 0 Å². The van der Waals surface area contributed by atoms with Crippen molar-refractivity contribution in [1.82, 2.24) is 0 Å². The number of benzene rings is 2. The minimum atomic E-state index is -2.16. The topological polar surface area (TPSA) is 80.3 Å². The van der Waals surface area contributed by atoms with E-state index in [1.165, 1.54) is 14.0 Å². The van der Waals surface area contributed by atoms with Crippen LogP contribution in [0, 0.1) is 0 Å². The van der Waals surface area contributed by atoms with E-state index in [1.54, 1.807) is 12.1 Å². The molecule has 0 spiro atoms. The zero-order valence-corrected chi connectivity index (χ0v) is 23.3. The Morgan fingerprint density at radius 3 is 2.19 bits per heavy atom. The Labute approximate surface area is 215 Å². The zero-order chi connectivity index (χ0) is 26.6. The van der Waals surface area contributed by atoms with Crippen LogP contribution in [-0.4, -0.2) is 58.6 Å². The van der Waals surface area contributed by atoms with Gasteiger partial charge in [0.05, 0.1) is 12.2 Å². The Morgan fingerprint density at radius 1 is 1.03 bits per heavy atom. The Kier molecular flexibility index (Phi) is 8.77. The third-order valence-corrected chi connectivity index (χ3v) is 11.6. The SMILES string of the molecule is CO[C@H]1C[C@](CO[Si](C)(C)C(C)(C)C)(OC(C)=O)[C@@H](COC(=O)c2ccc(-c3ccccc3)cc2)O1. The molecule has 0 bridgehead atoms. The number of esters is 2. The lowest BCUT2D eigenvalue weighted by atomic mass is 9.96. The summed E-state index contributed by atoms with van der Waals surface area (Å²) >= 11 is 0. The van der Waals surface area contributed by atoms with Gasteiger partial charge in [0.1, 0.15) is 12.7 Å². The lowest BCUT2D eigenvalue weighted by Gasteiger charge is -2.40. The van der Waals surface area contributed by atoms with E-state index in [4.69, 9.17) is 23.4 Å². The van der Waals surface area contributed by atoms with Crippen LogP contribution < -0.4 is 0 Å². The second-order valence-corrected chi connectivity index (χ2v) is 15.6. The monoisotopic (exact) mass is 514 g/mol. The zero-order valence-electron chi connectivity index (χ0n) is 22.3. The van der Waals surface area contributed by atoms with E-state index in [2.05, 4.69) is 33.9 Å². The average Bonchev–Trinajstić information content (AvgIpc) is 3.18. The van der Waals surface area contributed by atoms with Gasteiger partial charge in [0.15, 0.2) is 20.2 Å². The van der Waals surface area contributed by atoms with Crippen molar-refractivity contribution in [2.75, 3.05) is 20.3 Å². The van der Waals surface area contributed by atoms with Crippen molar-refractivity contribution in [3.05, 3.63) is 60.2 Å². The highest BCUT2D eigenvalue weighted by atomic mass is 28.4. The van der Waals surface area contributed by atoms with Crippen LogP contribution >= 0.6 is 0 Å². The van der Waals surface area contributed by atoms with Crippen LogP contribution in [0.3, 0.4) is 0 Å². The smallest absolute Gasteiger partial charge is 0.338 e. The molecule has 0 radical (unpaired) electrons. The van der Waals surface area contributed by atoms with Gasteiger partial charge < -0.3 is 23.4 Å². The fraction of sp³-hybridized carbons (Fsp3) is 0.500. The molecule has 3 atom stereocenters. The molecule has 8 heteroatoms. The van der Waals surface area contributed by atoms with Gasteiger partial charge in [-0.25, -0.2) is 4.79 Å². The van der Waals surface area contributed by atoms with E-state index in [-0.39, 0.29) is 24.7 Å². The minimum absolute atomic E-state index is 0.0294. The number of rotatable bonds is 9. The third kappa shape index (κ3) is 6.62. The maximum Gasteiger partial charge on any atom is 0.338 e. The molecule has 7 nitrogen and oxygen atoms in total. The molecule has 2 aromatic carbocycles. The first-order valence-corrected chi connectivity index (χ1v) is 15.1. The van der Waals surface area contributed by atoms with Crippen LogP contribution in [0.4, 0.5) is 0 Å². The summed E-state index contributed by atoms with van der Waals surface area (Å²) in [6.45, 7) is 12.1. The van der Waals surface area contributed by atoms with Crippen LogP contribution in [0.5, 0.6) is 0 Å². The largest absolute Gasteiger partial charge is 0.459 e. The molecule has 0 aromatic heterocycles. The van der Waals surface area contributed by atoms with Crippen molar-refractivity contribution < 1.29 is 33.0 Å². The van der Waals surface area contributed by atoms with Gasteiger partial charge in [-0.1, -0.05) is 63.2 Å². The molecule has 1 fully saturated rings. The third-order valence-electron chi connectivity index (χ3n) is 7.10. The van der Waals surface area contributed by atoms with Gasteiger partial charge in [-0.3, -0.25) is 4.79 Å². The number of hydrogen-bond donors (Lipinski definition) is 0. The molecule has 2 aromatic rings. The van der Waals surface area contributed by atoms with Crippen molar-refractivity contribution in [1.29, 1.82) is 0 Å². The molecule has 0 N–H and O–H groups in total. The molecule has 0 unspecified atom stereocenters. The summed E-state index contributed by atoms with van der Waals surface area (Å²) in [6, 6.07) is 17.2. The highest BCUT2D eigenvalue weighted by Gasteiger charge is 2.54. The van der Waals surface area contributed by atoms with Crippen LogP contribution in [0.1, 0.15) is 44.5 Å². The Hall–Kier alpha value is -2.52. The first-order valence-electron chi connectivity index (χ1n) is 12.2. The molecule has 1 heterocycles. The molecule has 3 rings (SSSR count). The maximum absolute atomic E-state index is 12.8. The normalized spacial score (nSPS) is 22.3. The van der Waals surface area contributed by atoms with E-state index >= 15 is 0 Å². The van der Waals surface area contributed by atoms with Gasteiger partial charge in [-0.05, 0) is 41.4 Å². The van der Waals surface area contributed by atoms with Crippen LogP contribution in [-0.2, 0) is 28.2 Å². The fourth-order valence-corrected chi connectivity index (χ4v) is 4.90. The van der Waals surface area contributed by atoms with Gasteiger partial charge in [-0.2, -0.15) is 0 Å². The molecule has 0 saturated carbocycles. The maximum atomic E-state index is 12.8. The predicted molar refractivity (Wildman–Crippen MR) is 140 cm³/mol. The van der Waals surface area contributed by atoms with Crippen molar-refractivity contribution in [2.45, 2.75) is 70.2 Å². The highest BCUT2D eigenvalue weighted by Crippen LogP contribution is 2.41. The summed E-state index contributed by atoms with van der Waals surface area (Å²) in [5.74, 6) is -0.942. The summed E-state index contributed by atoms with van der Waals surface area (Å²) < 4.78 is 29.3. The first-order chi connectivity index (χ1) is 16.9. The second-order valence-electron chi connectivity index (χ2n) is 10.7. The Morgan fingerprint density at radius 2 is 1.64 bits per heavy atom. The van der Waals surface area contributed by atoms with Gasteiger partial charge in [0.25, 0.3) is 0 Å². The molecule has 1 aliphatic rings. The van der Waals surface area contributed by atoms with Gasteiger partial charge >= 0.3 is 11.9 Å². The van der Waals surface area contributed by atoms with Crippen LogP contribution in [0.2, 0.25) is 18.1 Å². The first kappa shape index (κ1) is 28.1. The van der Waals surface area contributed by atoms with Crippen molar-refractivity contribution >= 4 is 20.3 Å². The van der Waals surface area contributed by atoms with Crippen LogP contribution in [0.15, 0.2) is 54.6 Å². The van der Waals surface area contributed by atoms with Crippen molar-refractivity contribution in [3.63, 3.8) is 0 Å². The quantitative estimate of drug-likeness (QED) is 0.318. The number of methoxy groups -OCH3 is 1. The molecular weight excluding hydrogens is 476 g/mol. The average molecular weight is 515 g/mol.